The van der Waals surface area contributed by atoms with Crippen LogP contribution in [0.4, 0.5) is 8.78 Å². The van der Waals surface area contributed by atoms with Crippen molar-refractivity contribution in [3.63, 3.8) is 0 Å². The monoisotopic (exact) mass is 483 g/mol. The Balaban J connectivity index is 1.44. The molecule has 0 bridgehead atoms. The molecule has 33 heavy (non-hydrogen) atoms. The molecule has 0 fully saturated rings. The van der Waals surface area contributed by atoms with Gasteiger partial charge < -0.3 is 4.40 Å². The number of carbonyl (C=O) groups excluding carboxylic acids is 1. The summed E-state index contributed by atoms with van der Waals surface area (Å²) in [6, 6.07) is 13.5. The molecule has 6 nitrogen and oxygen atoms in total. The van der Waals surface area contributed by atoms with Crippen LogP contribution in [0.15, 0.2) is 61.1 Å². The summed E-state index contributed by atoms with van der Waals surface area (Å²) in [5, 5.41) is 4.38. The van der Waals surface area contributed by atoms with Gasteiger partial charge in [0.2, 0.25) is 0 Å². The first-order chi connectivity index (χ1) is 15.9. The zero-order valence-corrected chi connectivity index (χ0v) is 18.8. The van der Waals surface area contributed by atoms with Gasteiger partial charge in [-0.3, -0.25) is 9.48 Å². The number of Topliss-reactive ketones (excluding diaryl/α,β-unsaturated/α-hetero) is 1. The number of carbonyl (C=O) groups is 1. The van der Waals surface area contributed by atoms with E-state index in [1.807, 2.05) is 59.3 Å². The number of aryl methyl sites for hydroxylation is 1. The second-order valence-electron chi connectivity index (χ2n) is 7.40. The van der Waals surface area contributed by atoms with Crippen molar-refractivity contribution in [2.45, 2.75) is 12.8 Å². The molecule has 0 aliphatic heterocycles. The predicted molar refractivity (Wildman–Crippen MR) is 123 cm³/mol. The molecule has 4 aromatic heterocycles. The fraction of sp³-hybridized carbons (Fsp3) is 0.130. The minimum atomic E-state index is -2.79. The molecule has 0 unspecified atom stereocenters. The highest BCUT2D eigenvalue weighted by Gasteiger charge is 2.25. The van der Waals surface area contributed by atoms with Crippen molar-refractivity contribution < 1.29 is 13.6 Å². The van der Waals surface area contributed by atoms with Crippen molar-refractivity contribution in [1.29, 1.82) is 0 Å². The standard InChI is InChI=1S/C23H16ClF2N5OS/c1-30-20(15(11-27-30)23-29-19(22(25)26)21(24)33-23)17(32)9-13-7-8-31-12-16(28-18(31)10-13)14-5-3-2-4-6-14/h2-8,10-12,22H,9H2,1H3. The first-order valence-corrected chi connectivity index (χ1v) is 11.1. The maximum Gasteiger partial charge on any atom is 0.282 e. The lowest BCUT2D eigenvalue weighted by Gasteiger charge is -2.05. The van der Waals surface area contributed by atoms with Gasteiger partial charge in [-0.25, -0.2) is 18.7 Å². The molecule has 0 aliphatic carbocycles. The average molecular weight is 484 g/mol. The van der Waals surface area contributed by atoms with Gasteiger partial charge >= 0.3 is 0 Å². The Kier molecular flexibility index (Phi) is 5.51. The number of ketones is 1. The zero-order chi connectivity index (χ0) is 23.1. The normalized spacial score (nSPS) is 11.5. The summed E-state index contributed by atoms with van der Waals surface area (Å²) in [4.78, 5) is 21.8. The van der Waals surface area contributed by atoms with E-state index in [1.54, 1.807) is 7.05 Å². The van der Waals surface area contributed by atoms with Gasteiger partial charge in [-0.2, -0.15) is 5.10 Å². The molecule has 0 spiro atoms. The summed E-state index contributed by atoms with van der Waals surface area (Å²) in [6.07, 6.45) is 2.54. The molecule has 0 atom stereocenters. The third-order valence-corrected chi connectivity index (χ3v) is 6.53. The van der Waals surface area contributed by atoms with Crippen LogP contribution < -0.4 is 0 Å². The van der Waals surface area contributed by atoms with E-state index in [1.165, 1.54) is 10.9 Å². The van der Waals surface area contributed by atoms with Crippen LogP contribution in [0.2, 0.25) is 4.34 Å². The minimum absolute atomic E-state index is 0.0946. The number of benzene rings is 1. The predicted octanol–water partition coefficient (Wildman–Crippen LogP) is 5.87. The lowest BCUT2D eigenvalue weighted by molar-refractivity contribution is 0.0984. The number of nitrogens with zero attached hydrogens (tertiary/aromatic N) is 5. The van der Waals surface area contributed by atoms with Gasteiger partial charge in [0.05, 0.1) is 17.5 Å². The number of thiazole rings is 1. The highest BCUT2D eigenvalue weighted by atomic mass is 35.5. The second-order valence-corrected chi connectivity index (χ2v) is 9.00. The van der Waals surface area contributed by atoms with Crippen LogP contribution in [0, 0.1) is 0 Å². The Morgan fingerprint density at radius 2 is 1.97 bits per heavy atom. The van der Waals surface area contributed by atoms with Gasteiger partial charge in [-0.05, 0) is 17.7 Å². The first-order valence-electron chi connectivity index (χ1n) is 9.93. The molecule has 4 heterocycles. The Hall–Kier alpha value is -3.43. The van der Waals surface area contributed by atoms with E-state index in [4.69, 9.17) is 11.6 Å². The van der Waals surface area contributed by atoms with E-state index in [9.17, 15) is 13.6 Å². The molecule has 0 amide bonds. The van der Waals surface area contributed by atoms with Gasteiger partial charge in [-0.15, -0.1) is 11.3 Å². The number of aromatic nitrogens is 5. The molecule has 0 aliphatic rings. The summed E-state index contributed by atoms with van der Waals surface area (Å²) in [6.45, 7) is 0. The van der Waals surface area contributed by atoms with E-state index >= 15 is 0 Å². The lowest BCUT2D eigenvalue weighted by Crippen LogP contribution is -2.11. The number of hydrogen-bond acceptors (Lipinski definition) is 5. The molecule has 10 heteroatoms. The Morgan fingerprint density at radius 1 is 1.18 bits per heavy atom. The average Bonchev–Trinajstić information content (AvgIpc) is 3.50. The highest BCUT2D eigenvalue weighted by molar-refractivity contribution is 7.19. The number of halogens is 3. The van der Waals surface area contributed by atoms with Gasteiger partial charge in [0, 0.05) is 31.4 Å². The highest BCUT2D eigenvalue weighted by Crippen LogP contribution is 2.37. The van der Waals surface area contributed by atoms with Crippen LogP contribution in [0.5, 0.6) is 0 Å². The zero-order valence-electron chi connectivity index (χ0n) is 17.2. The van der Waals surface area contributed by atoms with Gasteiger partial charge in [0.15, 0.2) is 5.78 Å². The SMILES string of the molecule is Cn1ncc(-c2nc(C(F)F)c(Cl)s2)c1C(=O)Cc1ccn2cc(-c3ccccc3)nc2c1. The van der Waals surface area contributed by atoms with Crippen LogP contribution in [-0.2, 0) is 13.5 Å². The van der Waals surface area contributed by atoms with Gasteiger partial charge in [0.25, 0.3) is 6.43 Å². The summed E-state index contributed by atoms with van der Waals surface area (Å²) in [5.74, 6) is -0.214. The molecular formula is C23H16ClF2N5OS. The molecule has 166 valence electrons. The molecule has 0 radical (unpaired) electrons. The minimum Gasteiger partial charge on any atom is -0.306 e. The smallest absolute Gasteiger partial charge is 0.282 e. The van der Waals surface area contributed by atoms with Crippen molar-refractivity contribution >= 4 is 34.4 Å². The number of alkyl halides is 2. The van der Waals surface area contributed by atoms with Crippen molar-refractivity contribution in [3.05, 3.63) is 82.3 Å². The molecule has 1 aromatic carbocycles. The maximum atomic E-state index is 13.2. The van der Waals surface area contributed by atoms with E-state index in [2.05, 4.69) is 15.1 Å². The summed E-state index contributed by atoms with van der Waals surface area (Å²) in [7, 11) is 1.63. The Bertz CT molecular complexity index is 1480. The Labute approximate surface area is 196 Å². The fourth-order valence-corrected chi connectivity index (χ4v) is 4.80. The van der Waals surface area contributed by atoms with Crippen LogP contribution in [-0.4, -0.2) is 29.9 Å². The third-order valence-electron chi connectivity index (χ3n) is 5.21. The van der Waals surface area contributed by atoms with Crippen molar-refractivity contribution in [1.82, 2.24) is 24.1 Å². The first kappa shape index (κ1) is 21.4. The fourth-order valence-electron chi connectivity index (χ4n) is 3.64. The topological polar surface area (TPSA) is 65.1 Å². The van der Waals surface area contributed by atoms with Crippen LogP contribution in [0.1, 0.15) is 28.2 Å². The summed E-state index contributed by atoms with van der Waals surface area (Å²) >= 11 is 6.82. The van der Waals surface area contributed by atoms with Gasteiger partial charge in [-0.1, -0.05) is 41.9 Å². The molecule has 0 N–H and O–H groups in total. The number of fused-ring (bicyclic) bond motifs is 1. The molecular weight excluding hydrogens is 468 g/mol. The van der Waals surface area contributed by atoms with E-state index < -0.39 is 12.1 Å². The number of rotatable bonds is 6. The summed E-state index contributed by atoms with van der Waals surface area (Å²) in [5.41, 5.74) is 3.52. The number of imidazole rings is 1. The second kappa shape index (κ2) is 8.49. The molecule has 0 saturated heterocycles. The van der Waals surface area contributed by atoms with Crippen molar-refractivity contribution in [3.8, 4) is 21.8 Å². The third kappa shape index (κ3) is 4.05. The Morgan fingerprint density at radius 3 is 2.70 bits per heavy atom. The largest absolute Gasteiger partial charge is 0.306 e. The molecule has 5 rings (SSSR count). The maximum absolute atomic E-state index is 13.2. The van der Waals surface area contributed by atoms with Gasteiger partial charge in [0.1, 0.15) is 26.4 Å². The van der Waals surface area contributed by atoms with Crippen LogP contribution in [0.3, 0.4) is 0 Å². The van der Waals surface area contributed by atoms with Crippen LogP contribution in [0.25, 0.3) is 27.5 Å². The van der Waals surface area contributed by atoms with E-state index in [0.29, 0.717) is 5.56 Å². The molecule has 0 saturated carbocycles. The number of hydrogen-bond donors (Lipinski definition) is 0. The van der Waals surface area contributed by atoms with Crippen LogP contribution >= 0.6 is 22.9 Å². The van der Waals surface area contributed by atoms with Crippen molar-refractivity contribution in [2.75, 3.05) is 0 Å². The van der Waals surface area contributed by atoms with Crippen molar-refractivity contribution in [2.24, 2.45) is 7.05 Å². The quantitative estimate of drug-likeness (QED) is 0.283. The number of pyridine rings is 1. The van der Waals surface area contributed by atoms with E-state index in [-0.39, 0.29) is 27.2 Å². The summed E-state index contributed by atoms with van der Waals surface area (Å²) < 4.78 is 29.5. The lowest BCUT2D eigenvalue weighted by atomic mass is 10.1. The van der Waals surface area contributed by atoms with E-state index in [0.717, 1.165) is 33.8 Å². The molecule has 5 aromatic rings.